The van der Waals surface area contributed by atoms with E-state index in [0.717, 1.165) is 27.3 Å². The molecule has 1 fully saturated rings. The van der Waals surface area contributed by atoms with Crippen LogP contribution in [0.5, 0.6) is 5.75 Å². The number of aromatic hydroxyl groups is 1. The normalized spacial score (nSPS) is 21.5. The second-order valence-electron chi connectivity index (χ2n) is 8.20. The number of carbonyl (C=O) groups is 1. The van der Waals surface area contributed by atoms with E-state index in [9.17, 15) is 14.7 Å². The number of ether oxygens (including phenoxy) is 1. The van der Waals surface area contributed by atoms with Gasteiger partial charge in [0.1, 0.15) is 12.2 Å². The van der Waals surface area contributed by atoms with Crippen LogP contribution in [-0.4, -0.2) is 46.5 Å². The van der Waals surface area contributed by atoms with Crippen molar-refractivity contribution in [3.05, 3.63) is 92.4 Å². The average molecular weight is 482 g/mol. The van der Waals surface area contributed by atoms with Gasteiger partial charge in [0.2, 0.25) is 5.43 Å². The molecular formula is C24H20ClN3O4S. The summed E-state index contributed by atoms with van der Waals surface area (Å²) in [6, 6.07) is 14.9. The minimum atomic E-state index is -0.587. The Hall–Kier alpha value is -2.94. The summed E-state index contributed by atoms with van der Waals surface area (Å²) in [4.78, 5) is 28.4. The number of rotatable bonds is 1. The van der Waals surface area contributed by atoms with Gasteiger partial charge >= 0.3 is 0 Å². The van der Waals surface area contributed by atoms with Gasteiger partial charge in [-0.05, 0) is 23.3 Å². The third-order valence-electron chi connectivity index (χ3n) is 6.45. The molecular weight excluding hydrogens is 462 g/mol. The highest BCUT2D eigenvalue weighted by atomic mass is 35.5. The van der Waals surface area contributed by atoms with Crippen LogP contribution in [0.25, 0.3) is 0 Å². The lowest BCUT2D eigenvalue weighted by molar-refractivity contribution is -0.0197. The first-order chi connectivity index (χ1) is 16.1. The number of fused-ring (bicyclic) bond motifs is 4. The van der Waals surface area contributed by atoms with Crippen molar-refractivity contribution in [2.24, 2.45) is 0 Å². The van der Waals surface area contributed by atoms with E-state index < -0.39 is 17.3 Å². The van der Waals surface area contributed by atoms with Crippen molar-refractivity contribution in [1.82, 2.24) is 9.58 Å². The molecule has 7 nitrogen and oxygen atoms in total. The van der Waals surface area contributed by atoms with Crippen molar-refractivity contribution in [3.8, 4) is 5.75 Å². The molecule has 0 spiro atoms. The highest BCUT2D eigenvalue weighted by Crippen LogP contribution is 2.46. The van der Waals surface area contributed by atoms with E-state index in [1.54, 1.807) is 27.5 Å². The van der Waals surface area contributed by atoms with Crippen molar-refractivity contribution in [2.45, 2.75) is 22.9 Å². The minimum absolute atomic E-state index is 0.0383. The Morgan fingerprint density at radius 2 is 1.94 bits per heavy atom. The SMILES string of the molecule is O=C1c2c(O)c(=O)ccn2N([C@@H]2c3ccccc3SCc3cccc(Cl)c32)[C@@H]2COCCN12. The van der Waals surface area contributed by atoms with Gasteiger partial charge in [0.15, 0.2) is 11.4 Å². The number of thioether (sulfide) groups is 1. The number of benzene rings is 2. The van der Waals surface area contributed by atoms with Gasteiger partial charge in [-0.2, -0.15) is 0 Å². The summed E-state index contributed by atoms with van der Waals surface area (Å²) in [6.07, 6.45) is 1.12. The summed E-state index contributed by atoms with van der Waals surface area (Å²) < 4.78 is 7.41. The number of pyridine rings is 1. The molecule has 0 unspecified atom stereocenters. The maximum absolute atomic E-state index is 13.4. The number of hydrogen-bond donors (Lipinski definition) is 1. The molecule has 1 saturated heterocycles. The van der Waals surface area contributed by atoms with Crippen molar-refractivity contribution in [2.75, 3.05) is 24.8 Å². The minimum Gasteiger partial charge on any atom is -0.502 e. The summed E-state index contributed by atoms with van der Waals surface area (Å²) in [6.45, 7) is 1.05. The number of morpholine rings is 1. The molecule has 3 aliphatic rings. The van der Waals surface area contributed by atoms with Gasteiger partial charge in [0, 0.05) is 40.0 Å². The van der Waals surface area contributed by atoms with E-state index in [0.29, 0.717) is 24.8 Å². The van der Waals surface area contributed by atoms with Crippen LogP contribution in [0.15, 0.2) is 64.4 Å². The molecule has 168 valence electrons. The lowest BCUT2D eigenvalue weighted by atomic mass is 9.93. The van der Waals surface area contributed by atoms with Crippen LogP contribution in [0.1, 0.15) is 33.2 Å². The van der Waals surface area contributed by atoms with E-state index in [1.165, 1.54) is 6.07 Å². The number of carbonyl (C=O) groups excluding carboxylic acids is 1. The van der Waals surface area contributed by atoms with E-state index in [1.807, 2.05) is 29.3 Å². The fourth-order valence-corrected chi connectivity index (χ4v) is 6.35. The zero-order valence-electron chi connectivity index (χ0n) is 17.5. The van der Waals surface area contributed by atoms with Gasteiger partial charge in [-0.15, -0.1) is 11.8 Å². The van der Waals surface area contributed by atoms with Crippen LogP contribution < -0.4 is 10.4 Å². The number of amides is 1. The molecule has 6 rings (SSSR count). The number of halogens is 1. The smallest absolute Gasteiger partial charge is 0.278 e. The second-order valence-corrected chi connectivity index (χ2v) is 9.62. The van der Waals surface area contributed by atoms with E-state index in [4.69, 9.17) is 16.3 Å². The maximum atomic E-state index is 13.4. The van der Waals surface area contributed by atoms with Crippen LogP contribution in [0.3, 0.4) is 0 Å². The first kappa shape index (κ1) is 20.7. The zero-order valence-corrected chi connectivity index (χ0v) is 19.1. The third-order valence-corrected chi connectivity index (χ3v) is 7.92. The third kappa shape index (κ3) is 3.08. The van der Waals surface area contributed by atoms with Crippen molar-refractivity contribution < 1.29 is 14.6 Å². The summed E-state index contributed by atoms with van der Waals surface area (Å²) in [5, 5.41) is 13.3. The molecule has 3 aliphatic heterocycles. The van der Waals surface area contributed by atoms with Crippen LogP contribution in [0, 0.1) is 0 Å². The maximum Gasteiger partial charge on any atom is 0.278 e. The largest absolute Gasteiger partial charge is 0.502 e. The van der Waals surface area contributed by atoms with Gasteiger partial charge in [0.05, 0.1) is 13.2 Å². The molecule has 0 saturated carbocycles. The predicted octanol–water partition coefficient (Wildman–Crippen LogP) is 3.35. The van der Waals surface area contributed by atoms with Crippen LogP contribution in [0.4, 0.5) is 0 Å². The molecule has 0 aliphatic carbocycles. The highest BCUT2D eigenvalue weighted by Gasteiger charge is 2.46. The Kier molecular flexibility index (Phi) is 4.90. The van der Waals surface area contributed by atoms with Gasteiger partial charge in [-0.3, -0.25) is 19.3 Å². The first-order valence-corrected chi connectivity index (χ1v) is 12.0. The lowest BCUT2D eigenvalue weighted by Gasteiger charge is -2.51. The molecule has 1 amide bonds. The van der Waals surface area contributed by atoms with Gasteiger partial charge in [-0.25, -0.2) is 0 Å². The van der Waals surface area contributed by atoms with E-state index in [-0.39, 0.29) is 17.6 Å². The number of hydrogen-bond acceptors (Lipinski definition) is 6. The van der Waals surface area contributed by atoms with Crippen LogP contribution in [-0.2, 0) is 10.5 Å². The fourth-order valence-electron chi connectivity index (χ4n) is 4.97. The molecule has 0 bridgehead atoms. The Bertz CT molecular complexity index is 1340. The average Bonchev–Trinajstić information content (AvgIpc) is 3.00. The van der Waals surface area contributed by atoms with Gasteiger partial charge in [0.25, 0.3) is 5.91 Å². The van der Waals surface area contributed by atoms with E-state index >= 15 is 0 Å². The van der Waals surface area contributed by atoms with Gasteiger partial charge in [-0.1, -0.05) is 41.9 Å². The number of nitrogens with zero attached hydrogens (tertiary/aromatic N) is 3. The Morgan fingerprint density at radius 3 is 2.82 bits per heavy atom. The zero-order chi connectivity index (χ0) is 22.7. The summed E-state index contributed by atoms with van der Waals surface area (Å²) in [5.74, 6) is -0.179. The van der Waals surface area contributed by atoms with Crippen molar-refractivity contribution >= 4 is 29.3 Å². The lowest BCUT2D eigenvalue weighted by Crippen LogP contribution is -2.66. The molecule has 2 atom stereocenters. The summed E-state index contributed by atoms with van der Waals surface area (Å²) >= 11 is 8.57. The van der Waals surface area contributed by atoms with E-state index in [2.05, 4.69) is 18.2 Å². The Morgan fingerprint density at radius 1 is 1.09 bits per heavy atom. The molecule has 4 heterocycles. The predicted molar refractivity (Wildman–Crippen MR) is 126 cm³/mol. The fraction of sp³-hybridized carbons (Fsp3) is 0.250. The van der Waals surface area contributed by atoms with Gasteiger partial charge < -0.3 is 14.7 Å². The molecule has 0 radical (unpaired) electrons. The van der Waals surface area contributed by atoms with Crippen LogP contribution >= 0.6 is 23.4 Å². The molecule has 1 N–H and O–H groups in total. The first-order valence-electron chi connectivity index (χ1n) is 10.7. The van der Waals surface area contributed by atoms with Crippen molar-refractivity contribution in [3.63, 3.8) is 0 Å². The Labute approximate surface area is 199 Å². The second kappa shape index (κ2) is 7.83. The quantitative estimate of drug-likeness (QED) is 0.574. The molecule has 9 heteroatoms. The monoisotopic (exact) mass is 481 g/mol. The molecule has 33 heavy (non-hydrogen) atoms. The molecule has 2 aromatic carbocycles. The summed E-state index contributed by atoms with van der Waals surface area (Å²) in [5.41, 5.74) is 2.46. The Balaban J connectivity index is 1.68. The van der Waals surface area contributed by atoms with Crippen LogP contribution in [0.2, 0.25) is 5.02 Å². The number of aromatic nitrogens is 1. The molecule has 3 aromatic rings. The standard InChI is InChI=1S/C24H20ClN3O4S/c25-16-6-3-4-14-13-33-18-7-2-1-5-15(18)21(20(14)16)28-19-12-32-11-10-26(19)24(31)22-23(30)17(29)8-9-27(22)28/h1-9,19,21,30H,10-13H2/t19-,21-/m1/s1. The molecule has 1 aromatic heterocycles. The topological polar surface area (TPSA) is 75.0 Å². The van der Waals surface area contributed by atoms with Crippen molar-refractivity contribution in [1.29, 1.82) is 0 Å². The summed E-state index contributed by atoms with van der Waals surface area (Å²) in [7, 11) is 0. The highest BCUT2D eigenvalue weighted by molar-refractivity contribution is 7.98.